The first kappa shape index (κ1) is 22.2. The SMILES string of the molecule is CCOP(=O)(O)OCC[N+](C)(C)CCC[Si](OC)(OC)OC. The van der Waals surface area contributed by atoms with Crippen molar-refractivity contribution in [3.8, 4) is 0 Å². The first-order chi connectivity index (χ1) is 10.2. The summed E-state index contributed by atoms with van der Waals surface area (Å²) in [6.45, 7) is 3.38. The Balaban J connectivity index is 4.17. The monoisotopic (exact) mass is 360 g/mol. The van der Waals surface area contributed by atoms with Gasteiger partial charge in [-0.3, -0.25) is 9.05 Å². The fourth-order valence-electron chi connectivity index (χ4n) is 2.00. The first-order valence-electron chi connectivity index (χ1n) is 7.25. The molecule has 0 amide bonds. The number of hydrogen-bond donors (Lipinski definition) is 1. The molecule has 0 heterocycles. The maximum absolute atomic E-state index is 11.4. The molecule has 0 aromatic heterocycles. The van der Waals surface area contributed by atoms with Crippen LogP contribution in [-0.4, -0.2) is 79.9 Å². The van der Waals surface area contributed by atoms with Gasteiger partial charge in [-0.05, 0) is 6.92 Å². The molecule has 0 aliphatic heterocycles. The molecule has 0 fully saturated rings. The second-order valence-corrected chi connectivity index (χ2v) is 10.0. The van der Waals surface area contributed by atoms with Crippen LogP contribution in [0.15, 0.2) is 0 Å². The second kappa shape index (κ2) is 10.1. The average molecular weight is 360 g/mol. The largest absolute Gasteiger partial charge is 0.500 e. The van der Waals surface area contributed by atoms with E-state index in [0.29, 0.717) is 11.0 Å². The van der Waals surface area contributed by atoms with Gasteiger partial charge in [-0.25, -0.2) is 4.57 Å². The molecule has 0 bridgehead atoms. The van der Waals surface area contributed by atoms with E-state index >= 15 is 0 Å². The normalized spacial score (nSPS) is 15.8. The molecule has 0 aliphatic carbocycles. The summed E-state index contributed by atoms with van der Waals surface area (Å²) >= 11 is 0. The summed E-state index contributed by atoms with van der Waals surface area (Å²) in [5.74, 6) is 0. The van der Waals surface area contributed by atoms with Gasteiger partial charge in [0.05, 0.1) is 27.2 Å². The summed E-state index contributed by atoms with van der Waals surface area (Å²) in [7, 11) is 2.41. The lowest BCUT2D eigenvalue weighted by atomic mass is 10.4. The van der Waals surface area contributed by atoms with E-state index in [4.69, 9.17) is 17.8 Å². The lowest BCUT2D eigenvalue weighted by Gasteiger charge is -2.31. The lowest BCUT2D eigenvalue weighted by Crippen LogP contribution is -2.46. The molecular weight excluding hydrogens is 329 g/mol. The van der Waals surface area contributed by atoms with Crippen molar-refractivity contribution in [2.75, 3.05) is 61.7 Å². The maximum Gasteiger partial charge on any atom is 0.500 e. The second-order valence-electron chi connectivity index (χ2n) is 5.50. The van der Waals surface area contributed by atoms with Gasteiger partial charge in [0, 0.05) is 33.8 Å². The van der Waals surface area contributed by atoms with Crippen LogP contribution < -0.4 is 0 Å². The Morgan fingerprint density at radius 3 is 2.05 bits per heavy atom. The van der Waals surface area contributed by atoms with Crippen molar-refractivity contribution in [3.63, 3.8) is 0 Å². The molecule has 0 spiro atoms. The van der Waals surface area contributed by atoms with E-state index in [1.807, 2.05) is 14.1 Å². The molecule has 1 atom stereocenters. The molecule has 22 heavy (non-hydrogen) atoms. The Kier molecular flexibility index (Phi) is 10.2. The zero-order valence-electron chi connectivity index (χ0n) is 14.5. The molecule has 10 heteroatoms. The van der Waals surface area contributed by atoms with E-state index < -0.39 is 16.6 Å². The van der Waals surface area contributed by atoms with Gasteiger partial charge in [-0.2, -0.15) is 0 Å². The number of nitrogens with zero attached hydrogens (tertiary/aromatic N) is 1. The number of hydrogen-bond acceptors (Lipinski definition) is 6. The minimum absolute atomic E-state index is 0.143. The molecule has 0 aromatic rings. The summed E-state index contributed by atoms with van der Waals surface area (Å²) in [4.78, 5) is 9.35. The molecule has 0 aliphatic rings. The minimum atomic E-state index is -3.91. The predicted molar refractivity (Wildman–Crippen MR) is 85.5 cm³/mol. The number of rotatable bonds is 13. The highest BCUT2D eigenvalue weighted by Gasteiger charge is 2.37. The van der Waals surface area contributed by atoms with Crippen LogP contribution in [-0.2, 0) is 26.9 Å². The third-order valence-corrected chi connectivity index (χ3v) is 7.35. The van der Waals surface area contributed by atoms with Crippen LogP contribution >= 0.6 is 7.82 Å². The molecule has 0 saturated heterocycles. The van der Waals surface area contributed by atoms with Gasteiger partial charge in [0.2, 0.25) is 0 Å². The fraction of sp³-hybridized carbons (Fsp3) is 1.00. The van der Waals surface area contributed by atoms with Crippen LogP contribution in [0.3, 0.4) is 0 Å². The van der Waals surface area contributed by atoms with Gasteiger partial charge in [0.15, 0.2) is 0 Å². The van der Waals surface area contributed by atoms with Crippen molar-refractivity contribution in [3.05, 3.63) is 0 Å². The quantitative estimate of drug-likeness (QED) is 0.303. The maximum atomic E-state index is 11.4. The van der Waals surface area contributed by atoms with E-state index in [0.717, 1.165) is 19.0 Å². The summed E-state index contributed by atoms with van der Waals surface area (Å²) in [6, 6.07) is 0.719. The standard InChI is InChI=1S/C12H30NO7PSi/c1-7-19-21(14,15)20-11-10-13(2,3)9-8-12-22(16-4,17-5)18-6/h7-12H2,1-6H3/p+1. The van der Waals surface area contributed by atoms with Crippen LogP contribution in [0.1, 0.15) is 13.3 Å². The van der Waals surface area contributed by atoms with E-state index in [2.05, 4.69) is 4.52 Å². The van der Waals surface area contributed by atoms with Crippen molar-refractivity contribution in [2.45, 2.75) is 19.4 Å². The Morgan fingerprint density at radius 1 is 1.05 bits per heavy atom. The Morgan fingerprint density at radius 2 is 1.59 bits per heavy atom. The molecular formula is C12H31NO7PSi+. The number of phosphoric ester groups is 1. The van der Waals surface area contributed by atoms with Crippen molar-refractivity contribution in [1.82, 2.24) is 0 Å². The Hall–Kier alpha value is 0.167. The first-order valence-corrected chi connectivity index (χ1v) is 10.7. The molecule has 0 aromatic carbocycles. The van der Waals surface area contributed by atoms with Crippen molar-refractivity contribution in [1.29, 1.82) is 0 Å². The van der Waals surface area contributed by atoms with E-state index in [-0.39, 0.29) is 13.2 Å². The topological polar surface area (TPSA) is 83.5 Å². The van der Waals surface area contributed by atoms with Crippen LogP contribution in [0.5, 0.6) is 0 Å². The van der Waals surface area contributed by atoms with Crippen molar-refractivity contribution >= 4 is 16.6 Å². The zero-order chi connectivity index (χ0) is 17.3. The van der Waals surface area contributed by atoms with Gasteiger partial charge in [-0.15, -0.1) is 0 Å². The van der Waals surface area contributed by atoms with Crippen LogP contribution in [0.4, 0.5) is 0 Å². The highest BCUT2D eigenvalue weighted by molar-refractivity contribution is 7.47. The number of phosphoric acid groups is 1. The molecule has 0 radical (unpaired) electrons. The fourth-order valence-corrected chi connectivity index (χ4v) is 4.41. The molecule has 1 unspecified atom stereocenters. The lowest BCUT2D eigenvalue weighted by molar-refractivity contribution is -0.890. The smallest absolute Gasteiger partial charge is 0.377 e. The molecule has 8 nitrogen and oxygen atoms in total. The van der Waals surface area contributed by atoms with E-state index in [1.54, 1.807) is 28.3 Å². The van der Waals surface area contributed by atoms with Crippen LogP contribution in [0.25, 0.3) is 0 Å². The van der Waals surface area contributed by atoms with Gasteiger partial charge < -0.3 is 22.7 Å². The molecule has 1 N–H and O–H groups in total. The zero-order valence-corrected chi connectivity index (χ0v) is 16.4. The molecule has 134 valence electrons. The van der Waals surface area contributed by atoms with Gasteiger partial charge in [0.25, 0.3) is 0 Å². The highest BCUT2D eigenvalue weighted by atomic mass is 31.2. The highest BCUT2D eigenvalue weighted by Crippen LogP contribution is 2.42. The van der Waals surface area contributed by atoms with Gasteiger partial charge >= 0.3 is 16.6 Å². The molecule has 0 saturated carbocycles. The third-order valence-electron chi connectivity index (χ3n) is 3.42. The summed E-state index contributed by atoms with van der Waals surface area (Å²) in [6.07, 6.45) is 0.858. The number of likely N-dealkylation sites (N-methyl/N-ethyl adjacent to an activating group) is 1. The minimum Gasteiger partial charge on any atom is -0.377 e. The van der Waals surface area contributed by atoms with E-state index in [1.165, 1.54) is 0 Å². The average Bonchev–Trinajstić information content (AvgIpc) is 2.43. The summed E-state index contributed by atoms with van der Waals surface area (Å²) in [5.41, 5.74) is 0. The van der Waals surface area contributed by atoms with Crippen molar-refractivity contribution in [2.24, 2.45) is 0 Å². The predicted octanol–water partition coefficient (Wildman–Crippen LogP) is 1.48. The Labute approximate surface area is 134 Å². The van der Waals surface area contributed by atoms with Gasteiger partial charge in [0.1, 0.15) is 13.2 Å². The van der Waals surface area contributed by atoms with Crippen LogP contribution in [0.2, 0.25) is 6.04 Å². The van der Waals surface area contributed by atoms with Gasteiger partial charge in [-0.1, -0.05) is 0 Å². The summed E-state index contributed by atoms with van der Waals surface area (Å²) < 4.78 is 37.8. The molecule has 0 rings (SSSR count). The van der Waals surface area contributed by atoms with E-state index in [9.17, 15) is 9.46 Å². The third kappa shape index (κ3) is 8.71. The summed E-state index contributed by atoms with van der Waals surface area (Å²) in [5, 5.41) is 0. The van der Waals surface area contributed by atoms with Crippen LogP contribution in [0, 0.1) is 0 Å². The number of quaternary nitrogens is 1. The Bertz CT molecular complexity index is 344. The van der Waals surface area contributed by atoms with Crippen molar-refractivity contribution < 1.29 is 36.3 Å².